The van der Waals surface area contributed by atoms with Gasteiger partial charge in [-0.2, -0.15) is 0 Å². The zero-order chi connectivity index (χ0) is 85.4. The Morgan fingerprint density at radius 1 is 0.451 bits per heavy atom. The van der Waals surface area contributed by atoms with Crippen LogP contribution in [0.4, 0.5) is 0 Å². The second kappa shape index (κ2) is 40.9. The minimum absolute atomic E-state index is 0.210. The van der Waals surface area contributed by atoms with Crippen LogP contribution >= 0.6 is 78.9 Å². The smallest absolute Gasteiger partial charge is 0.177 e. The van der Waals surface area contributed by atoms with E-state index >= 15 is 0 Å². The minimum Gasteiger partial charge on any atom is -0.491 e. The van der Waals surface area contributed by atoms with E-state index in [2.05, 4.69) is 189 Å². The van der Waals surface area contributed by atoms with Crippen molar-refractivity contribution in [3.05, 3.63) is 118 Å². The van der Waals surface area contributed by atoms with E-state index in [1.54, 1.807) is 52.7 Å². The van der Waals surface area contributed by atoms with Gasteiger partial charge in [0.05, 0.1) is 66.1 Å². The van der Waals surface area contributed by atoms with Crippen molar-refractivity contribution in [2.45, 2.75) is 167 Å². The number of rotatable bonds is 23. The summed E-state index contributed by atoms with van der Waals surface area (Å²) in [6, 6.07) is 0. The fraction of sp³-hybridized carbons (Fsp3) is 0.613. The van der Waals surface area contributed by atoms with Crippen LogP contribution in [0, 0.1) is 0 Å². The van der Waals surface area contributed by atoms with E-state index in [1.165, 1.54) is 19.1 Å². The van der Waals surface area contributed by atoms with Gasteiger partial charge in [-0.1, -0.05) is 26.3 Å². The molecule has 0 saturated carbocycles. The Hall–Kier alpha value is -3.91. The number of ether oxygens (including phenoxy) is 8. The molecule has 38 heteroatoms. The molecule has 1 unspecified atom stereocenters. The Morgan fingerprint density at radius 3 is 1.14 bits per heavy atom. The number of nitrogens with two attached hydrogens (primary N) is 4. The van der Waals surface area contributed by atoms with Crippen molar-refractivity contribution < 1.29 is 83.9 Å². The third-order valence-electron chi connectivity index (χ3n) is 19.7. The van der Waals surface area contributed by atoms with Gasteiger partial charge in [-0.3, -0.25) is 4.99 Å². The molecule has 5 saturated heterocycles. The Morgan fingerprint density at radius 2 is 0.770 bits per heavy atom. The lowest BCUT2D eigenvalue weighted by Gasteiger charge is -2.32. The Bertz CT molecular complexity index is 3920. The first kappa shape index (κ1) is 97.9. The van der Waals surface area contributed by atoms with Gasteiger partial charge in [0.15, 0.2) is 53.6 Å². The summed E-state index contributed by atoms with van der Waals surface area (Å²) in [6.45, 7) is 32.8. The largest absolute Gasteiger partial charge is 0.491 e. The molecule has 10 aliphatic rings. The molecule has 0 spiro atoms. The van der Waals surface area contributed by atoms with Gasteiger partial charge in [0, 0.05) is 55.4 Å². The number of amidine groups is 3. The van der Waals surface area contributed by atoms with E-state index in [-0.39, 0.29) is 29.4 Å². The predicted molar refractivity (Wildman–Crippen MR) is 482 cm³/mol. The van der Waals surface area contributed by atoms with Crippen molar-refractivity contribution in [2.75, 3.05) is 126 Å². The van der Waals surface area contributed by atoms with Crippen LogP contribution in [0.5, 0.6) is 0 Å². The molecule has 0 aromatic heterocycles. The van der Waals surface area contributed by atoms with Gasteiger partial charge >= 0.3 is 0 Å². The number of allylic oxidation sites excluding steroid dienone is 2. The van der Waals surface area contributed by atoms with Crippen LogP contribution in [0.2, 0.25) is 0 Å². The van der Waals surface area contributed by atoms with Crippen LogP contribution in [0.15, 0.2) is 138 Å². The maximum absolute atomic E-state index is 10.6. The summed E-state index contributed by atoms with van der Waals surface area (Å²) in [4.78, 5) is 25.1. The van der Waals surface area contributed by atoms with Crippen molar-refractivity contribution in [1.82, 2.24) is 24.5 Å². The second-order valence-corrected chi connectivity index (χ2v) is 56.6. The molecular formula is C75H128Br2N13O17P5S. The number of aliphatic hydroxyl groups excluding tert-OH is 9. The third-order valence-corrected chi connectivity index (χ3v) is 28.8. The van der Waals surface area contributed by atoms with Crippen molar-refractivity contribution in [2.24, 2.45) is 42.9 Å². The van der Waals surface area contributed by atoms with Crippen LogP contribution in [0.25, 0.3) is 0 Å². The summed E-state index contributed by atoms with van der Waals surface area (Å²) in [5, 5.41) is 92.9. The fourth-order valence-corrected chi connectivity index (χ4v) is 18.7. The molecule has 0 radical (unpaired) electrons. The first-order valence-electron chi connectivity index (χ1n) is 36.7. The zero-order valence-electron chi connectivity index (χ0n) is 68.1. The van der Waals surface area contributed by atoms with Crippen molar-refractivity contribution in [3.63, 3.8) is 0 Å². The SMILES string of the molecule is C=C1C=C(N)C(Br)=CN1[C@@H]1O[C@H](CCP(=C)(C)C)[C@@H](O)[C@H]1O.C=C1N=C(N)C(Br)=CN1[C@@H]1O[C@H](CCP(=C)(C)C)[C@@H](O)[C@H]1O.C=C1N=C(N)C(OC)=CN1[C@@H]1O[C@H](CCP(=C)(C)C)[C@@H](O)[C@H]1O.C=C1N=C(N)C(OC)=CN1[C@@H]1O[C@H](CCP(=C)(C)C)[C@@H](O)[C@H]1OC.C=P(C)(C)CC[C@H]1O[C@@H](C2=CN(C)C(S)N=C2C)[C@H](O)[C@@H]1O. The number of hydrogen-bond donors (Lipinski definition) is 14. The Kier molecular flexibility index (Phi) is 35.4. The van der Waals surface area contributed by atoms with Crippen LogP contribution in [-0.4, -0.2) is 379 Å². The molecule has 10 rings (SSSR count). The lowest BCUT2D eigenvalue weighted by atomic mass is 9.98. The number of halogens is 2. The van der Waals surface area contributed by atoms with E-state index < -0.39 is 145 Å². The van der Waals surface area contributed by atoms with Gasteiger partial charge in [-0.05, 0) is 174 Å². The summed E-state index contributed by atoms with van der Waals surface area (Å²) >= 11 is 11.0. The molecule has 0 bridgehead atoms. The Labute approximate surface area is 691 Å². The summed E-state index contributed by atoms with van der Waals surface area (Å²) in [7, 11) is 6.42. The van der Waals surface area contributed by atoms with Crippen LogP contribution < -0.4 is 22.9 Å². The molecule has 10 aliphatic heterocycles. The van der Waals surface area contributed by atoms with E-state index in [0.29, 0.717) is 80.9 Å². The van der Waals surface area contributed by atoms with Crippen LogP contribution in [0.1, 0.15) is 39.0 Å². The average Bonchev–Trinajstić information content (AvgIpc) is 1.68. The standard InChI is InChI=1S/C16H28N3O4P.C15H24BrN2O3P.C15H26N3O4P.C15H27N2O3PS.C14H23BrN3O3P/c1-10-18-15(17)12(21-2)9-19(10)16-14(22-3)13(20)11(23-16)7-8-24(4,5)6;1-9-7-11(17)10(16)8-18(9)15-14(20)13(19)12(21-15)5-6-22(2,3)4;1-9-17-14(16)11(21-2)8-18(9)15-13(20)12(19)10(22-15)6-7-23(3,4)5;1-9-10(8-17(2)15(22)16-9)14-13(19)12(18)11(20-14)6-7-21(3,4)5;1-8-17-13(16)9(15)7-18(8)14-12(20)11(19)10(21-14)5-6-22(2,3)4/h9,11,13-14,16,20H,1,4,7-8H2,2-3,5-6H3,(H2,17,18);7-8,12-15,19-20H,1-2,5-6,17H2,3-4H3;8,10,12-13,15,19-20H,1,3,6-7H2,2,4-5H3,(H2,16,17);8,11-15,18-19,22H,3,6-7H2,1-2,4-5H3;7,10-12,14,19-20H,1-2,5-6H2,3-4H3,(H2,16,17)/t11-,13-,14-,16-;12-,13-,14-,15-;10-,12-,13-,15-;11-,12-,13-,14+,15?;10-,11-,12-,14-/m11111/s1. The average molecular weight is 1830 g/mol. The van der Waals surface area contributed by atoms with Gasteiger partial charge in [0.25, 0.3) is 0 Å². The molecule has 0 aromatic carbocycles. The fourth-order valence-electron chi connectivity index (χ4n) is 13.0. The van der Waals surface area contributed by atoms with Crippen molar-refractivity contribution >= 4 is 134 Å². The lowest BCUT2D eigenvalue weighted by Crippen LogP contribution is -2.43. The van der Waals surface area contributed by atoms with E-state index in [4.69, 9.17) is 60.8 Å². The molecule has 640 valence electrons. The molecule has 17 N–H and O–H groups in total. The maximum atomic E-state index is 10.6. The first-order chi connectivity index (χ1) is 52.1. The molecule has 0 amide bonds. The molecule has 5 fully saturated rings. The zero-order valence-corrected chi connectivity index (χ0v) is 76.6. The van der Waals surface area contributed by atoms with Gasteiger partial charge in [-0.25, -0.2) is 15.0 Å². The highest BCUT2D eigenvalue weighted by molar-refractivity contribution is 9.12. The summed E-state index contributed by atoms with van der Waals surface area (Å²) in [5.74, 6) is 2.66. The van der Waals surface area contributed by atoms with E-state index in [9.17, 15) is 46.0 Å². The number of aliphatic imine (C=N–C) groups is 4. The van der Waals surface area contributed by atoms with Gasteiger partial charge < -0.3 is 131 Å². The van der Waals surface area contributed by atoms with Gasteiger partial charge in [0.1, 0.15) is 90.4 Å². The number of nitrogens with zero attached hydrogens (tertiary/aromatic N) is 9. The molecule has 30 nitrogen and oxygen atoms in total. The number of hydrogen-bond acceptors (Lipinski definition) is 31. The molecule has 10 heterocycles. The minimum atomic E-state index is -1.23. The van der Waals surface area contributed by atoms with E-state index in [1.807, 2.05) is 25.1 Å². The van der Waals surface area contributed by atoms with Crippen molar-refractivity contribution in [3.8, 4) is 0 Å². The van der Waals surface area contributed by atoms with E-state index in [0.717, 1.165) is 48.5 Å². The monoisotopic (exact) mass is 1830 g/mol. The predicted octanol–water partition coefficient (Wildman–Crippen LogP) is 4.41. The van der Waals surface area contributed by atoms with Crippen LogP contribution in [-0.2, 0) is 37.9 Å². The van der Waals surface area contributed by atoms with Gasteiger partial charge in [-0.15, -0.1) is 78.6 Å². The Balaban J connectivity index is 0.000000220. The normalized spacial score (nSPS) is 33.0. The summed E-state index contributed by atoms with van der Waals surface area (Å²) in [5.41, 5.74) is 25.6. The number of thiol groups is 1. The highest BCUT2D eigenvalue weighted by Crippen LogP contribution is 2.45. The van der Waals surface area contributed by atoms with Gasteiger partial charge in [0.2, 0.25) is 0 Å². The molecule has 21 atom stereocenters. The quantitative estimate of drug-likeness (QED) is 0.0497. The second-order valence-electron chi connectivity index (χ2n) is 32.8. The van der Waals surface area contributed by atoms with Crippen LogP contribution in [0.3, 0.4) is 0 Å². The molecular weight excluding hydrogens is 1700 g/mol. The highest BCUT2D eigenvalue weighted by atomic mass is 79.9. The maximum Gasteiger partial charge on any atom is 0.177 e. The topological polar surface area (TPSA) is 426 Å². The third kappa shape index (κ3) is 27.0. The summed E-state index contributed by atoms with van der Waals surface area (Å²) < 4.78 is 46.8. The van der Waals surface area contributed by atoms with Crippen molar-refractivity contribution in [1.29, 1.82) is 0 Å². The lowest BCUT2D eigenvalue weighted by molar-refractivity contribution is -0.0708. The number of aliphatic hydroxyl groups is 9. The first-order valence-corrected chi connectivity index (χ1v) is 54.1. The molecule has 113 heavy (non-hydrogen) atoms. The molecule has 0 aliphatic carbocycles. The molecule has 0 aromatic rings. The highest BCUT2D eigenvalue weighted by Gasteiger charge is 2.51. The number of methoxy groups -OCH3 is 3. The summed E-state index contributed by atoms with van der Waals surface area (Å²) in [6.07, 6.45) is 24.8.